The number of hydrogen-bond acceptors (Lipinski definition) is 6. The molecule has 1 amide bonds. The first-order valence-corrected chi connectivity index (χ1v) is 14.8. The van der Waals surface area contributed by atoms with Crippen LogP contribution in [-0.2, 0) is 16.3 Å². The molecule has 4 rings (SSSR count). The van der Waals surface area contributed by atoms with Crippen molar-refractivity contribution in [2.75, 3.05) is 37.7 Å². The Hall–Kier alpha value is -2.78. The second kappa shape index (κ2) is 11.1. The number of aryl methyl sites for hydroxylation is 2. The Morgan fingerprint density at radius 3 is 2.50 bits per heavy atom. The van der Waals surface area contributed by atoms with E-state index >= 15 is 0 Å². The first-order chi connectivity index (χ1) is 17.3. The summed E-state index contributed by atoms with van der Waals surface area (Å²) in [4.78, 5) is 20.7. The highest BCUT2D eigenvalue weighted by Crippen LogP contribution is 2.32. The molecule has 2 aromatic heterocycles. The van der Waals surface area contributed by atoms with Crippen molar-refractivity contribution < 1.29 is 13.2 Å². The van der Waals surface area contributed by atoms with Crippen LogP contribution in [0.25, 0.3) is 22.3 Å². The monoisotopic (exact) mass is 511 g/mol. The molecule has 1 atom stereocenters. The summed E-state index contributed by atoms with van der Waals surface area (Å²) in [6, 6.07) is 9.74. The maximum atomic E-state index is 13.4. The van der Waals surface area contributed by atoms with Crippen LogP contribution in [0.1, 0.15) is 61.3 Å². The van der Waals surface area contributed by atoms with E-state index in [1.807, 2.05) is 25.1 Å². The molecule has 0 spiro atoms. The van der Waals surface area contributed by atoms with Crippen LogP contribution in [-0.4, -0.2) is 71.7 Å². The van der Waals surface area contributed by atoms with Gasteiger partial charge in [-0.1, -0.05) is 45.0 Å². The van der Waals surface area contributed by atoms with Crippen molar-refractivity contribution >= 4 is 26.8 Å². The summed E-state index contributed by atoms with van der Waals surface area (Å²) in [5, 5.41) is 8.46. The number of aromatic nitrogens is 3. The molecule has 1 unspecified atom stereocenters. The Labute approximate surface area is 214 Å². The number of sulfone groups is 1. The van der Waals surface area contributed by atoms with Crippen LogP contribution in [0.3, 0.4) is 0 Å². The third-order valence-corrected chi connectivity index (χ3v) is 8.88. The molecule has 1 aromatic carbocycles. The Kier molecular flexibility index (Phi) is 8.10. The van der Waals surface area contributed by atoms with Crippen LogP contribution >= 0.6 is 0 Å². The summed E-state index contributed by atoms with van der Waals surface area (Å²) in [5.41, 5.74) is 4.60. The number of benzene rings is 1. The van der Waals surface area contributed by atoms with Gasteiger partial charge in [0, 0.05) is 12.1 Å². The maximum absolute atomic E-state index is 13.4. The second-order valence-electron chi connectivity index (χ2n) is 9.53. The number of pyridine rings is 1. The third kappa shape index (κ3) is 5.62. The predicted molar refractivity (Wildman–Crippen MR) is 144 cm³/mol. The van der Waals surface area contributed by atoms with E-state index in [2.05, 4.69) is 48.2 Å². The Morgan fingerprint density at radius 2 is 1.89 bits per heavy atom. The number of fused-ring (bicyclic) bond motifs is 1. The zero-order valence-corrected chi connectivity index (χ0v) is 22.6. The molecule has 8 nitrogen and oxygen atoms in total. The van der Waals surface area contributed by atoms with Crippen molar-refractivity contribution in [3.8, 4) is 11.3 Å². The highest BCUT2D eigenvalue weighted by molar-refractivity contribution is 7.91. The average molecular weight is 512 g/mol. The number of hydrogen-bond donors (Lipinski definition) is 1. The highest BCUT2D eigenvalue weighted by Gasteiger charge is 2.32. The standard InChI is InChI=1S/C27H37N5O3S/c1-5-20-9-11-21(12-10-20)24-17-23(27(33)28-14-8-15-31(6-2)7-3)25-19(4)30-32(26(25)29-24)22-13-16-36(34,35)18-22/h9-12,17,22H,5-8,13-16,18H2,1-4H3,(H,28,33). The molecule has 0 radical (unpaired) electrons. The Balaban J connectivity index is 1.72. The molecular weight excluding hydrogens is 474 g/mol. The molecule has 9 heteroatoms. The zero-order chi connectivity index (χ0) is 25.9. The van der Waals surface area contributed by atoms with Gasteiger partial charge in [0.1, 0.15) is 0 Å². The average Bonchev–Trinajstić information content (AvgIpc) is 3.42. The molecule has 0 saturated carbocycles. The smallest absolute Gasteiger partial charge is 0.252 e. The minimum Gasteiger partial charge on any atom is -0.352 e. The first-order valence-electron chi connectivity index (χ1n) is 13.0. The molecule has 36 heavy (non-hydrogen) atoms. The lowest BCUT2D eigenvalue weighted by Crippen LogP contribution is -2.30. The van der Waals surface area contributed by atoms with Gasteiger partial charge in [0.05, 0.1) is 39.9 Å². The van der Waals surface area contributed by atoms with Crippen LogP contribution in [0.5, 0.6) is 0 Å². The number of carbonyl (C=O) groups is 1. The van der Waals surface area contributed by atoms with Crippen LogP contribution in [0.15, 0.2) is 30.3 Å². The lowest BCUT2D eigenvalue weighted by Gasteiger charge is -2.17. The van der Waals surface area contributed by atoms with Gasteiger partial charge in [-0.3, -0.25) is 4.79 Å². The lowest BCUT2D eigenvalue weighted by molar-refractivity contribution is 0.0953. The molecule has 1 aliphatic rings. The molecule has 194 valence electrons. The number of rotatable bonds is 10. The van der Waals surface area contributed by atoms with Crippen LogP contribution in [0.4, 0.5) is 0 Å². The van der Waals surface area contributed by atoms with Gasteiger partial charge in [-0.2, -0.15) is 5.10 Å². The highest BCUT2D eigenvalue weighted by atomic mass is 32.2. The number of nitrogens with zero attached hydrogens (tertiary/aromatic N) is 4. The Morgan fingerprint density at radius 1 is 1.17 bits per heavy atom. The van der Waals surface area contributed by atoms with E-state index in [4.69, 9.17) is 4.98 Å². The van der Waals surface area contributed by atoms with Crippen molar-refractivity contribution in [1.82, 2.24) is 25.0 Å². The fraction of sp³-hybridized carbons (Fsp3) is 0.519. The summed E-state index contributed by atoms with van der Waals surface area (Å²) in [6.45, 7) is 11.7. The summed E-state index contributed by atoms with van der Waals surface area (Å²) < 4.78 is 26.1. The molecule has 3 aromatic rings. The van der Waals surface area contributed by atoms with E-state index in [1.165, 1.54) is 5.56 Å². The molecule has 1 N–H and O–H groups in total. The normalized spacial score (nSPS) is 17.2. The molecular formula is C27H37N5O3S. The van der Waals surface area contributed by atoms with Gasteiger partial charge in [0.25, 0.3) is 5.91 Å². The van der Waals surface area contributed by atoms with E-state index in [0.29, 0.717) is 41.0 Å². The van der Waals surface area contributed by atoms with Crippen LogP contribution < -0.4 is 5.32 Å². The van der Waals surface area contributed by atoms with E-state index in [9.17, 15) is 13.2 Å². The predicted octanol–water partition coefficient (Wildman–Crippen LogP) is 3.79. The first kappa shape index (κ1) is 26.3. The van der Waals surface area contributed by atoms with Crippen LogP contribution in [0, 0.1) is 6.92 Å². The van der Waals surface area contributed by atoms with Crippen molar-refractivity contribution in [2.45, 2.75) is 53.0 Å². The summed E-state index contributed by atoms with van der Waals surface area (Å²) in [7, 11) is -3.10. The van der Waals surface area contributed by atoms with E-state index in [-0.39, 0.29) is 23.5 Å². The molecule has 1 fully saturated rings. The minimum absolute atomic E-state index is 0.0488. The summed E-state index contributed by atoms with van der Waals surface area (Å²) >= 11 is 0. The quantitative estimate of drug-likeness (QED) is 0.416. The number of amides is 1. The fourth-order valence-corrected chi connectivity index (χ4v) is 6.61. The maximum Gasteiger partial charge on any atom is 0.252 e. The number of carbonyl (C=O) groups excluding carboxylic acids is 1. The molecule has 1 aliphatic heterocycles. The summed E-state index contributed by atoms with van der Waals surface area (Å²) in [5.74, 6) is 0.0404. The van der Waals surface area contributed by atoms with Crippen LogP contribution in [0.2, 0.25) is 0 Å². The lowest BCUT2D eigenvalue weighted by atomic mass is 10.0. The second-order valence-corrected chi connectivity index (χ2v) is 11.8. The molecule has 0 bridgehead atoms. The van der Waals surface area contributed by atoms with Gasteiger partial charge in [-0.15, -0.1) is 0 Å². The molecule has 1 saturated heterocycles. The van der Waals surface area contributed by atoms with Gasteiger partial charge in [-0.25, -0.2) is 18.1 Å². The van der Waals surface area contributed by atoms with Gasteiger partial charge < -0.3 is 10.2 Å². The third-order valence-electron chi connectivity index (χ3n) is 7.12. The SMILES string of the molecule is CCc1ccc(-c2cc(C(=O)NCCCN(CC)CC)c3c(C)nn(C4CCS(=O)(=O)C4)c3n2)cc1. The zero-order valence-electron chi connectivity index (χ0n) is 21.7. The summed E-state index contributed by atoms with van der Waals surface area (Å²) in [6.07, 6.45) is 2.31. The topological polar surface area (TPSA) is 97.2 Å². The molecule has 3 heterocycles. The van der Waals surface area contributed by atoms with E-state index in [0.717, 1.165) is 38.0 Å². The van der Waals surface area contributed by atoms with Crippen molar-refractivity contribution in [2.24, 2.45) is 0 Å². The van der Waals surface area contributed by atoms with Crippen molar-refractivity contribution in [1.29, 1.82) is 0 Å². The Bertz CT molecular complexity index is 1330. The van der Waals surface area contributed by atoms with Gasteiger partial charge >= 0.3 is 0 Å². The van der Waals surface area contributed by atoms with Crippen molar-refractivity contribution in [3.05, 3.63) is 47.2 Å². The van der Waals surface area contributed by atoms with E-state index < -0.39 is 9.84 Å². The van der Waals surface area contributed by atoms with Gasteiger partial charge in [0.15, 0.2) is 15.5 Å². The van der Waals surface area contributed by atoms with E-state index in [1.54, 1.807) is 4.68 Å². The van der Waals surface area contributed by atoms with Gasteiger partial charge in [-0.05, 0) is 57.5 Å². The largest absolute Gasteiger partial charge is 0.352 e. The molecule has 0 aliphatic carbocycles. The fourth-order valence-electron chi connectivity index (χ4n) is 4.91. The van der Waals surface area contributed by atoms with Crippen molar-refractivity contribution in [3.63, 3.8) is 0 Å². The minimum atomic E-state index is -3.10. The number of nitrogens with one attached hydrogen (secondary N) is 1. The van der Waals surface area contributed by atoms with Gasteiger partial charge in [0.2, 0.25) is 0 Å².